The first-order chi connectivity index (χ1) is 12.7. The third-order valence-corrected chi connectivity index (χ3v) is 4.84. The Morgan fingerprint density at radius 2 is 1.96 bits per heavy atom. The Balaban J connectivity index is 1.45. The monoisotopic (exact) mass is 377 g/mol. The van der Waals surface area contributed by atoms with Crippen molar-refractivity contribution in [2.24, 2.45) is 0 Å². The first kappa shape index (κ1) is 19.1. The van der Waals surface area contributed by atoms with Crippen LogP contribution in [-0.4, -0.2) is 44.2 Å². The van der Waals surface area contributed by atoms with Gasteiger partial charge >= 0.3 is 0 Å². The summed E-state index contributed by atoms with van der Waals surface area (Å²) >= 11 is 6.04. The summed E-state index contributed by atoms with van der Waals surface area (Å²) in [6.07, 6.45) is 0. The number of hydrogen-bond donors (Lipinski definition) is 2. The average Bonchev–Trinajstić information content (AvgIpc) is 2.66. The van der Waals surface area contributed by atoms with Crippen LogP contribution in [0.1, 0.15) is 11.1 Å². The Kier molecular flexibility index (Phi) is 7.26. The predicted molar refractivity (Wildman–Crippen MR) is 103 cm³/mol. The van der Waals surface area contributed by atoms with Crippen LogP contribution in [0.5, 0.6) is 5.75 Å². The number of ether oxygens (including phenoxy) is 1. The zero-order chi connectivity index (χ0) is 18.2. The van der Waals surface area contributed by atoms with Gasteiger partial charge in [-0.2, -0.15) is 0 Å². The molecule has 0 aromatic heterocycles. The van der Waals surface area contributed by atoms with Gasteiger partial charge in [-0.15, -0.1) is 0 Å². The van der Waals surface area contributed by atoms with Gasteiger partial charge in [0.25, 0.3) is 0 Å². The third kappa shape index (κ3) is 5.68. The van der Waals surface area contributed by atoms with E-state index in [2.05, 4.69) is 21.6 Å². The Labute approximate surface area is 159 Å². The van der Waals surface area contributed by atoms with Gasteiger partial charge in [-0.1, -0.05) is 29.8 Å². The van der Waals surface area contributed by atoms with E-state index in [1.54, 1.807) is 12.1 Å². The average molecular weight is 378 g/mol. The first-order valence-corrected chi connectivity index (χ1v) is 9.38. The van der Waals surface area contributed by atoms with E-state index in [1.165, 1.54) is 6.07 Å². The second-order valence-corrected chi connectivity index (χ2v) is 6.81. The summed E-state index contributed by atoms with van der Waals surface area (Å²) in [6, 6.07) is 12.5. The molecule has 4 nitrogen and oxygen atoms in total. The van der Waals surface area contributed by atoms with Gasteiger partial charge in [-0.25, -0.2) is 4.39 Å². The highest BCUT2D eigenvalue weighted by Crippen LogP contribution is 2.22. The van der Waals surface area contributed by atoms with Gasteiger partial charge < -0.3 is 15.4 Å². The maximum Gasteiger partial charge on any atom is 0.131 e. The second-order valence-electron chi connectivity index (χ2n) is 6.40. The van der Waals surface area contributed by atoms with Crippen molar-refractivity contribution in [2.45, 2.75) is 13.2 Å². The number of nitrogens with zero attached hydrogens (tertiary/aromatic N) is 1. The molecule has 2 aromatic rings. The summed E-state index contributed by atoms with van der Waals surface area (Å²) in [5.41, 5.74) is 1.52. The van der Waals surface area contributed by atoms with Crippen LogP contribution in [0.3, 0.4) is 0 Å². The van der Waals surface area contributed by atoms with Crippen molar-refractivity contribution in [1.82, 2.24) is 15.5 Å². The molecule has 3 rings (SSSR count). The van der Waals surface area contributed by atoms with Gasteiger partial charge in [0, 0.05) is 51.4 Å². The van der Waals surface area contributed by atoms with E-state index in [0.29, 0.717) is 16.3 Å². The van der Waals surface area contributed by atoms with Crippen LogP contribution in [-0.2, 0) is 13.2 Å². The molecular formula is C20H25ClFN3O. The zero-order valence-electron chi connectivity index (χ0n) is 14.8. The smallest absolute Gasteiger partial charge is 0.131 e. The van der Waals surface area contributed by atoms with Crippen molar-refractivity contribution >= 4 is 11.6 Å². The first-order valence-electron chi connectivity index (χ1n) is 9.01. The van der Waals surface area contributed by atoms with Gasteiger partial charge in [-0.05, 0) is 29.8 Å². The number of nitrogens with one attached hydrogen (secondary N) is 2. The minimum absolute atomic E-state index is 0.116. The maximum absolute atomic E-state index is 13.8. The van der Waals surface area contributed by atoms with Crippen LogP contribution in [0.15, 0.2) is 42.5 Å². The molecule has 0 saturated carbocycles. The van der Waals surface area contributed by atoms with Gasteiger partial charge in [0.1, 0.15) is 18.2 Å². The molecule has 0 bridgehead atoms. The van der Waals surface area contributed by atoms with Gasteiger partial charge in [-0.3, -0.25) is 4.90 Å². The molecule has 1 aliphatic heterocycles. The highest BCUT2D eigenvalue weighted by atomic mass is 35.5. The lowest BCUT2D eigenvalue weighted by Crippen LogP contribution is -2.45. The number of rotatable bonds is 8. The molecule has 0 atom stereocenters. The van der Waals surface area contributed by atoms with E-state index in [9.17, 15) is 4.39 Å². The van der Waals surface area contributed by atoms with Crippen molar-refractivity contribution in [1.29, 1.82) is 0 Å². The van der Waals surface area contributed by atoms with E-state index in [1.807, 2.05) is 18.2 Å². The van der Waals surface area contributed by atoms with Crippen LogP contribution in [0.4, 0.5) is 4.39 Å². The minimum Gasteiger partial charge on any atom is -0.489 e. The molecule has 2 aromatic carbocycles. The minimum atomic E-state index is -0.344. The lowest BCUT2D eigenvalue weighted by molar-refractivity contribution is 0.241. The largest absolute Gasteiger partial charge is 0.489 e. The number of halogens is 2. The molecule has 1 fully saturated rings. The Hall–Kier alpha value is -1.66. The fourth-order valence-electron chi connectivity index (χ4n) is 2.98. The van der Waals surface area contributed by atoms with Gasteiger partial charge in [0.15, 0.2) is 0 Å². The quantitative estimate of drug-likeness (QED) is 0.693. The summed E-state index contributed by atoms with van der Waals surface area (Å²) in [5.74, 6) is 0.369. The summed E-state index contributed by atoms with van der Waals surface area (Å²) in [6.45, 7) is 7.29. The summed E-state index contributed by atoms with van der Waals surface area (Å²) in [7, 11) is 0. The molecule has 0 radical (unpaired) electrons. The van der Waals surface area contributed by atoms with Crippen molar-refractivity contribution in [3.05, 3.63) is 64.4 Å². The van der Waals surface area contributed by atoms with Crippen LogP contribution in [0.2, 0.25) is 5.02 Å². The zero-order valence-corrected chi connectivity index (χ0v) is 15.6. The number of benzene rings is 2. The van der Waals surface area contributed by atoms with Gasteiger partial charge in [0.2, 0.25) is 0 Å². The van der Waals surface area contributed by atoms with Crippen LogP contribution < -0.4 is 15.4 Å². The topological polar surface area (TPSA) is 36.5 Å². The molecule has 2 N–H and O–H groups in total. The van der Waals surface area contributed by atoms with E-state index >= 15 is 0 Å². The van der Waals surface area contributed by atoms with Crippen molar-refractivity contribution in [3.8, 4) is 5.75 Å². The molecule has 1 aliphatic rings. The molecule has 0 amide bonds. The maximum atomic E-state index is 13.8. The number of hydrogen-bond acceptors (Lipinski definition) is 4. The summed E-state index contributed by atoms with van der Waals surface area (Å²) in [4.78, 5) is 2.46. The highest BCUT2D eigenvalue weighted by Gasteiger charge is 2.09. The SMILES string of the molecule is Fc1cccc(Cl)c1COc1cccc(CNCCN2CCNCC2)c1. The molecule has 26 heavy (non-hydrogen) atoms. The fraction of sp³-hybridized carbons (Fsp3) is 0.400. The summed E-state index contributed by atoms with van der Waals surface area (Å²) < 4.78 is 19.5. The molecule has 1 heterocycles. The lowest BCUT2D eigenvalue weighted by atomic mass is 10.2. The van der Waals surface area contributed by atoms with E-state index in [-0.39, 0.29) is 12.4 Å². The van der Waals surface area contributed by atoms with Crippen molar-refractivity contribution < 1.29 is 9.13 Å². The highest BCUT2D eigenvalue weighted by molar-refractivity contribution is 6.31. The van der Waals surface area contributed by atoms with Crippen molar-refractivity contribution in [2.75, 3.05) is 39.3 Å². The van der Waals surface area contributed by atoms with Crippen LogP contribution in [0.25, 0.3) is 0 Å². The molecule has 0 aliphatic carbocycles. The Morgan fingerprint density at radius 1 is 1.15 bits per heavy atom. The Bertz CT molecular complexity index is 687. The standard InChI is InChI=1S/C20H25ClFN3O/c21-19-5-2-6-20(22)18(19)15-26-17-4-1-3-16(13-17)14-24-9-12-25-10-7-23-8-11-25/h1-6,13,23-24H,7-12,14-15H2. The normalized spacial score (nSPS) is 15.2. The van der Waals surface area contributed by atoms with Gasteiger partial charge in [0.05, 0.1) is 5.02 Å². The molecule has 0 spiro atoms. The third-order valence-electron chi connectivity index (χ3n) is 4.49. The van der Waals surface area contributed by atoms with Crippen LogP contribution in [0, 0.1) is 5.82 Å². The van der Waals surface area contributed by atoms with Crippen LogP contribution >= 0.6 is 11.6 Å². The molecule has 6 heteroatoms. The van der Waals surface area contributed by atoms with E-state index < -0.39 is 0 Å². The lowest BCUT2D eigenvalue weighted by Gasteiger charge is -2.27. The Morgan fingerprint density at radius 3 is 2.77 bits per heavy atom. The fourth-order valence-corrected chi connectivity index (χ4v) is 3.19. The molecule has 0 unspecified atom stereocenters. The second kappa shape index (κ2) is 9.88. The summed E-state index contributed by atoms with van der Waals surface area (Å²) in [5, 5.41) is 7.21. The molecule has 1 saturated heterocycles. The van der Waals surface area contributed by atoms with Crippen molar-refractivity contribution in [3.63, 3.8) is 0 Å². The van der Waals surface area contributed by atoms with E-state index in [0.717, 1.165) is 51.4 Å². The predicted octanol–water partition coefficient (Wildman–Crippen LogP) is 3.05. The molecule has 140 valence electrons. The number of piperazine rings is 1. The molecular weight excluding hydrogens is 353 g/mol. The van der Waals surface area contributed by atoms with E-state index in [4.69, 9.17) is 16.3 Å².